The van der Waals surface area contributed by atoms with Gasteiger partial charge in [-0.25, -0.2) is 0 Å². The first-order chi connectivity index (χ1) is 7.77. The Balaban J connectivity index is 1.85. The lowest BCUT2D eigenvalue weighted by molar-refractivity contribution is -0.138. The van der Waals surface area contributed by atoms with Crippen LogP contribution >= 0.6 is 0 Å². The summed E-state index contributed by atoms with van der Waals surface area (Å²) in [6.45, 7) is 2.64. The smallest absolute Gasteiger partial charge is 0.226 e. The molecule has 1 aliphatic carbocycles. The summed E-state index contributed by atoms with van der Waals surface area (Å²) in [5, 5.41) is 6.44. The molecule has 0 radical (unpaired) electrons. The molecule has 0 aromatic carbocycles. The van der Waals surface area contributed by atoms with Gasteiger partial charge >= 0.3 is 0 Å². The number of nitrogens with one attached hydrogen (secondary N) is 2. The predicted octanol–water partition coefficient (Wildman–Crippen LogP) is 0.671. The molecule has 0 aromatic heterocycles. The Hall–Kier alpha value is -0.610. The van der Waals surface area contributed by atoms with Crippen LogP contribution in [0.3, 0.4) is 0 Å². The molecule has 0 aromatic rings. The number of methoxy groups -OCH3 is 1. The molecule has 1 unspecified atom stereocenters. The number of amides is 1. The fourth-order valence-electron chi connectivity index (χ4n) is 2.61. The average molecular weight is 226 g/mol. The van der Waals surface area contributed by atoms with E-state index in [-0.39, 0.29) is 11.3 Å². The zero-order valence-corrected chi connectivity index (χ0v) is 10.1. The molecule has 0 spiro atoms. The fraction of sp³-hybridized carbons (Fsp3) is 0.917. The summed E-state index contributed by atoms with van der Waals surface area (Å²) in [4.78, 5) is 12.2. The SMILES string of the molecule is COCCC1(C(=O)NC2CCNC2)CCC1. The Labute approximate surface area is 97.1 Å². The molecule has 16 heavy (non-hydrogen) atoms. The highest BCUT2D eigenvalue weighted by Crippen LogP contribution is 2.44. The van der Waals surface area contributed by atoms with Crippen LogP contribution in [0.15, 0.2) is 0 Å². The standard InChI is InChI=1S/C12H22N2O2/c1-16-8-6-12(4-2-5-12)11(15)14-10-3-7-13-9-10/h10,13H,2-9H2,1H3,(H,14,15). The summed E-state index contributed by atoms with van der Waals surface area (Å²) < 4.78 is 5.10. The first kappa shape index (κ1) is 11.9. The third-order valence-corrected chi connectivity index (χ3v) is 3.97. The molecule has 1 heterocycles. The van der Waals surface area contributed by atoms with E-state index in [0.29, 0.717) is 12.6 Å². The number of hydrogen-bond acceptors (Lipinski definition) is 3. The van der Waals surface area contributed by atoms with E-state index in [1.165, 1.54) is 6.42 Å². The average Bonchev–Trinajstić information content (AvgIpc) is 2.69. The molecule has 2 aliphatic rings. The van der Waals surface area contributed by atoms with Crippen molar-refractivity contribution in [3.63, 3.8) is 0 Å². The van der Waals surface area contributed by atoms with Gasteiger partial charge in [0.05, 0.1) is 5.41 Å². The number of hydrogen-bond donors (Lipinski definition) is 2. The minimum atomic E-state index is -0.112. The minimum Gasteiger partial charge on any atom is -0.385 e. The first-order valence-corrected chi connectivity index (χ1v) is 6.27. The molecule has 2 fully saturated rings. The van der Waals surface area contributed by atoms with Crippen LogP contribution in [0, 0.1) is 5.41 Å². The van der Waals surface area contributed by atoms with Gasteiger partial charge in [-0.2, -0.15) is 0 Å². The molecule has 4 heteroatoms. The Morgan fingerprint density at radius 1 is 1.56 bits per heavy atom. The van der Waals surface area contributed by atoms with Crippen molar-refractivity contribution < 1.29 is 9.53 Å². The molecule has 1 amide bonds. The van der Waals surface area contributed by atoms with Crippen molar-refractivity contribution in [2.24, 2.45) is 5.41 Å². The van der Waals surface area contributed by atoms with Crippen LogP contribution in [0.25, 0.3) is 0 Å². The van der Waals surface area contributed by atoms with E-state index in [4.69, 9.17) is 4.74 Å². The Bertz CT molecular complexity index is 245. The van der Waals surface area contributed by atoms with Gasteiger partial charge in [0.2, 0.25) is 5.91 Å². The van der Waals surface area contributed by atoms with Crippen LogP contribution in [0.1, 0.15) is 32.1 Å². The van der Waals surface area contributed by atoms with E-state index < -0.39 is 0 Å². The Kier molecular flexibility index (Phi) is 3.82. The third-order valence-electron chi connectivity index (χ3n) is 3.97. The zero-order valence-electron chi connectivity index (χ0n) is 10.1. The predicted molar refractivity (Wildman–Crippen MR) is 62.2 cm³/mol. The number of carbonyl (C=O) groups excluding carboxylic acids is 1. The van der Waals surface area contributed by atoms with Gasteiger partial charge in [-0.3, -0.25) is 4.79 Å². The van der Waals surface area contributed by atoms with Crippen LogP contribution in [0.4, 0.5) is 0 Å². The van der Waals surface area contributed by atoms with Gasteiger partial charge in [0, 0.05) is 26.3 Å². The molecule has 1 saturated heterocycles. The van der Waals surface area contributed by atoms with Crippen LogP contribution in [0.2, 0.25) is 0 Å². The zero-order chi connectivity index (χ0) is 11.4. The molecular weight excluding hydrogens is 204 g/mol. The van der Waals surface area contributed by atoms with Crippen molar-refractivity contribution in [1.82, 2.24) is 10.6 Å². The van der Waals surface area contributed by atoms with E-state index in [0.717, 1.165) is 38.8 Å². The summed E-state index contributed by atoms with van der Waals surface area (Å²) in [5.74, 6) is 0.254. The van der Waals surface area contributed by atoms with Gasteiger partial charge in [-0.15, -0.1) is 0 Å². The monoisotopic (exact) mass is 226 g/mol. The maximum absolute atomic E-state index is 12.2. The van der Waals surface area contributed by atoms with E-state index in [9.17, 15) is 4.79 Å². The molecule has 2 N–H and O–H groups in total. The quantitative estimate of drug-likeness (QED) is 0.724. The number of carbonyl (C=O) groups is 1. The topological polar surface area (TPSA) is 50.4 Å². The lowest BCUT2D eigenvalue weighted by Crippen LogP contribution is -2.50. The van der Waals surface area contributed by atoms with Gasteiger partial charge in [0.1, 0.15) is 0 Å². The number of ether oxygens (including phenoxy) is 1. The highest BCUT2D eigenvalue weighted by atomic mass is 16.5. The van der Waals surface area contributed by atoms with E-state index in [1.54, 1.807) is 7.11 Å². The van der Waals surface area contributed by atoms with E-state index in [1.807, 2.05) is 0 Å². The van der Waals surface area contributed by atoms with Crippen molar-refractivity contribution in [3.05, 3.63) is 0 Å². The van der Waals surface area contributed by atoms with E-state index >= 15 is 0 Å². The lowest BCUT2D eigenvalue weighted by atomic mass is 9.66. The van der Waals surface area contributed by atoms with Gasteiger partial charge < -0.3 is 15.4 Å². The summed E-state index contributed by atoms with van der Waals surface area (Å²) in [5.41, 5.74) is -0.112. The van der Waals surface area contributed by atoms with Crippen molar-refractivity contribution in [1.29, 1.82) is 0 Å². The van der Waals surface area contributed by atoms with Gasteiger partial charge in [0.15, 0.2) is 0 Å². The van der Waals surface area contributed by atoms with E-state index in [2.05, 4.69) is 10.6 Å². The van der Waals surface area contributed by atoms with Gasteiger partial charge in [0.25, 0.3) is 0 Å². The first-order valence-electron chi connectivity index (χ1n) is 6.27. The third kappa shape index (κ3) is 2.38. The molecule has 92 valence electrons. The van der Waals surface area contributed by atoms with Crippen molar-refractivity contribution >= 4 is 5.91 Å². The molecule has 2 rings (SSSR count). The lowest BCUT2D eigenvalue weighted by Gasteiger charge is -2.40. The van der Waals surface area contributed by atoms with Gasteiger partial charge in [-0.05, 0) is 32.2 Å². The maximum Gasteiger partial charge on any atom is 0.226 e. The van der Waals surface area contributed by atoms with Crippen LogP contribution in [0.5, 0.6) is 0 Å². The molecule has 0 bridgehead atoms. The molecular formula is C12H22N2O2. The largest absolute Gasteiger partial charge is 0.385 e. The van der Waals surface area contributed by atoms with Crippen molar-refractivity contribution in [2.45, 2.75) is 38.1 Å². The van der Waals surface area contributed by atoms with Crippen LogP contribution < -0.4 is 10.6 Å². The summed E-state index contributed by atoms with van der Waals surface area (Å²) in [6.07, 6.45) is 5.17. The molecule has 1 aliphatic heterocycles. The highest BCUT2D eigenvalue weighted by Gasteiger charge is 2.44. The normalized spacial score (nSPS) is 27.4. The number of rotatable bonds is 5. The van der Waals surface area contributed by atoms with Crippen LogP contribution in [-0.2, 0) is 9.53 Å². The Morgan fingerprint density at radius 3 is 2.88 bits per heavy atom. The maximum atomic E-state index is 12.2. The van der Waals surface area contributed by atoms with Crippen molar-refractivity contribution in [2.75, 3.05) is 26.8 Å². The molecule has 1 saturated carbocycles. The summed E-state index contributed by atoms with van der Waals surface area (Å²) in [6, 6.07) is 0.340. The van der Waals surface area contributed by atoms with Crippen molar-refractivity contribution in [3.8, 4) is 0 Å². The van der Waals surface area contributed by atoms with Crippen LogP contribution in [-0.4, -0.2) is 38.8 Å². The second-order valence-electron chi connectivity index (χ2n) is 5.04. The fourth-order valence-corrected chi connectivity index (χ4v) is 2.61. The second kappa shape index (κ2) is 5.15. The molecule has 1 atom stereocenters. The Morgan fingerprint density at radius 2 is 2.38 bits per heavy atom. The summed E-state index contributed by atoms with van der Waals surface area (Å²) >= 11 is 0. The van der Waals surface area contributed by atoms with Gasteiger partial charge in [-0.1, -0.05) is 6.42 Å². The summed E-state index contributed by atoms with van der Waals surface area (Å²) in [7, 11) is 1.70. The highest BCUT2D eigenvalue weighted by molar-refractivity contribution is 5.83. The second-order valence-corrected chi connectivity index (χ2v) is 5.04. The molecule has 4 nitrogen and oxygen atoms in total. The minimum absolute atomic E-state index is 0.112.